The standard InChI is InChI=1S/C19H14N2O2/c1-12-20-15-8-4-3-7-14(15)16(21-12)11-17(22)19-10-13-6-2-5-9-18(13)23-19/h2-11,22H,1H3/b17-11-. The fourth-order valence-corrected chi connectivity index (χ4v) is 2.64. The maximum absolute atomic E-state index is 10.4. The quantitative estimate of drug-likeness (QED) is 0.543. The van der Waals surface area contributed by atoms with E-state index < -0.39 is 0 Å². The van der Waals surface area contributed by atoms with E-state index in [2.05, 4.69) is 9.97 Å². The number of aliphatic hydroxyl groups excluding tert-OH is 1. The van der Waals surface area contributed by atoms with E-state index in [1.165, 1.54) is 0 Å². The van der Waals surface area contributed by atoms with E-state index in [4.69, 9.17) is 4.42 Å². The molecule has 4 nitrogen and oxygen atoms in total. The zero-order valence-electron chi connectivity index (χ0n) is 12.5. The Morgan fingerprint density at radius 3 is 2.70 bits per heavy atom. The Morgan fingerprint density at radius 1 is 1.04 bits per heavy atom. The van der Waals surface area contributed by atoms with Crippen molar-refractivity contribution in [2.24, 2.45) is 0 Å². The number of aliphatic hydroxyl groups is 1. The van der Waals surface area contributed by atoms with Gasteiger partial charge in [-0.05, 0) is 25.1 Å². The Kier molecular flexibility index (Phi) is 3.08. The lowest BCUT2D eigenvalue weighted by Crippen LogP contribution is -1.94. The summed E-state index contributed by atoms with van der Waals surface area (Å²) in [6, 6.07) is 17.2. The number of para-hydroxylation sites is 2. The third-order valence-electron chi connectivity index (χ3n) is 3.70. The Balaban J connectivity index is 1.86. The molecular formula is C19H14N2O2. The maximum atomic E-state index is 10.4. The van der Waals surface area contributed by atoms with E-state index in [-0.39, 0.29) is 5.76 Å². The molecule has 2 aromatic carbocycles. The monoisotopic (exact) mass is 302 g/mol. The molecule has 0 bridgehead atoms. The molecule has 2 heterocycles. The summed E-state index contributed by atoms with van der Waals surface area (Å²) >= 11 is 0. The molecule has 0 unspecified atom stereocenters. The van der Waals surface area contributed by atoms with Crippen LogP contribution in [0, 0.1) is 6.92 Å². The second-order valence-electron chi connectivity index (χ2n) is 5.35. The van der Waals surface area contributed by atoms with Gasteiger partial charge in [-0.15, -0.1) is 0 Å². The van der Waals surface area contributed by atoms with Gasteiger partial charge >= 0.3 is 0 Å². The van der Waals surface area contributed by atoms with Gasteiger partial charge in [0.1, 0.15) is 11.4 Å². The number of furan rings is 1. The number of hydrogen-bond donors (Lipinski definition) is 1. The van der Waals surface area contributed by atoms with Crippen LogP contribution in [0.25, 0.3) is 33.7 Å². The van der Waals surface area contributed by atoms with E-state index in [1.54, 1.807) is 6.08 Å². The average molecular weight is 302 g/mol. The fraction of sp³-hybridized carbons (Fsp3) is 0.0526. The molecule has 0 saturated heterocycles. The molecule has 0 fully saturated rings. The van der Waals surface area contributed by atoms with Crippen LogP contribution in [0.2, 0.25) is 0 Å². The van der Waals surface area contributed by atoms with Crippen LogP contribution in [-0.4, -0.2) is 15.1 Å². The van der Waals surface area contributed by atoms with E-state index in [1.807, 2.05) is 61.5 Å². The van der Waals surface area contributed by atoms with Crippen molar-refractivity contribution in [3.63, 3.8) is 0 Å². The number of aromatic nitrogens is 2. The number of rotatable bonds is 2. The van der Waals surface area contributed by atoms with Crippen LogP contribution in [0.3, 0.4) is 0 Å². The molecule has 0 spiro atoms. The number of aryl methyl sites for hydroxylation is 1. The van der Waals surface area contributed by atoms with E-state index in [0.717, 1.165) is 21.9 Å². The average Bonchev–Trinajstić information content (AvgIpc) is 2.99. The first-order chi connectivity index (χ1) is 11.2. The third kappa shape index (κ3) is 2.44. The number of fused-ring (bicyclic) bond motifs is 2. The Morgan fingerprint density at radius 2 is 1.83 bits per heavy atom. The first kappa shape index (κ1) is 13.5. The summed E-state index contributed by atoms with van der Waals surface area (Å²) in [7, 11) is 0. The molecule has 4 aromatic rings. The lowest BCUT2D eigenvalue weighted by atomic mass is 10.1. The Labute approximate surface area is 132 Å². The third-order valence-corrected chi connectivity index (χ3v) is 3.70. The zero-order chi connectivity index (χ0) is 15.8. The van der Waals surface area contributed by atoms with Crippen molar-refractivity contribution in [2.45, 2.75) is 6.92 Å². The summed E-state index contributed by atoms with van der Waals surface area (Å²) in [4.78, 5) is 8.84. The van der Waals surface area contributed by atoms with Crippen molar-refractivity contribution < 1.29 is 9.52 Å². The number of hydrogen-bond acceptors (Lipinski definition) is 4. The van der Waals surface area contributed by atoms with Gasteiger partial charge in [0.25, 0.3) is 0 Å². The first-order valence-electron chi connectivity index (χ1n) is 7.34. The van der Waals surface area contributed by atoms with Gasteiger partial charge in [-0.1, -0.05) is 36.4 Å². The molecule has 1 N–H and O–H groups in total. The van der Waals surface area contributed by atoms with Crippen molar-refractivity contribution >= 4 is 33.7 Å². The minimum atomic E-state index is 0.0458. The molecule has 0 saturated carbocycles. The van der Waals surface area contributed by atoms with Crippen molar-refractivity contribution in [2.75, 3.05) is 0 Å². The predicted octanol–water partition coefficient (Wildman–Crippen LogP) is 4.74. The van der Waals surface area contributed by atoms with E-state index in [0.29, 0.717) is 17.3 Å². The molecule has 23 heavy (non-hydrogen) atoms. The molecule has 4 rings (SSSR count). The molecule has 2 aromatic heterocycles. The van der Waals surface area contributed by atoms with Crippen LogP contribution in [-0.2, 0) is 0 Å². The minimum Gasteiger partial charge on any atom is -0.504 e. The highest BCUT2D eigenvalue weighted by atomic mass is 16.4. The van der Waals surface area contributed by atoms with Crippen LogP contribution >= 0.6 is 0 Å². The normalized spacial score (nSPS) is 12.1. The predicted molar refractivity (Wildman–Crippen MR) is 91.0 cm³/mol. The topological polar surface area (TPSA) is 59.2 Å². The maximum Gasteiger partial charge on any atom is 0.169 e. The van der Waals surface area contributed by atoms with Gasteiger partial charge in [0.2, 0.25) is 0 Å². The molecule has 0 aliphatic carbocycles. The highest BCUT2D eigenvalue weighted by Gasteiger charge is 2.10. The van der Waals surface area contributed by atoms with Crippen molar-refractivity contribution in [1.29, 1.82) is 0 Å². The van der Waals surface area contributed by atoms with Gasteiger partial charge in [0.05, 0.1) is 11.2 Å². The van der Waals surface area contributed by atoms with Gasteiger partial charge < -0.3 is 9.52 Å². The highest BCUT2D eigenvalue weighted by molar-refractivity contribution is 5.91. The van der Waals surface area contributed by atoms with Gasteiger partial charge in [0, 0.05) is 16.8 Å². The van der Waals surface area contributed by atoms with Crippen molar-refractivity contribution in [3.05, 3.63) is 71.9 Å². The SMILES string of the molecule is Cc1nc(/C=C(\O)c2cc3ccccc3o2)c2ccccc2n1. The summed E-state index contributed by atoms with van der Waals surface area (Å²) in [5, 5.41) is 12.3. The van der Waals surface area contributed by atoms with Crippen molar-refractivity contribution in [3.8, 4) is 0 Å². The lowest BCUT2D eigenvalue weighted by molar-refractivity contribution is 0.474. The summed E-state index contributed by atoms with van der Waals surface area (Å²) in [5.74, 6) is 1.13. The van der Waals surface area contributed by atoms with Gasteiger partial charge in [-0.25, -0.2) is 9.97 Å². The fourth-order valence-electron chi connectivity index (χ4n) is 2.64. The molecule has 4 heteroatoms. The minimum absolute atomic E-state index is 0.0458. The van der Waals surface area contributed by atoms with E-state index >= 15 is 0 Å². The molecule has 0 amide bonds. The second kappa shape index (κ2) is 5.25. The van der Waals surface area contributed by atoms with Crippen LogP contribution in [0.4, 0.5) is 0 Å². The van der Waals surface area contributed by atoms with Crippen LogP contribution < -0.4 is 0 Å². The smallest absolute Gasteiger partial charge is 0.169 e. The molecule has 0 atom stereocenters. The molecule has 0 aliphatic rings. The van der Waals surface area contributed by atoms with Crippen LogP contribution in [0.15, 0.2) is 59.0 Å². The molecule has 112 valence electrons. The van der Waals surface area contributed by atoms with Crippen LogP contribution in [0.1, 0.15) is 17.3 Å². The lowest BCUT2D eigenvalue weighted by Gasteiger charge is -2.03. The summed E-state index contributed by atoms with van der Waals surface area (Å²) in [6.07, 6.45) is 1.62. The number of benzene rings is 2. The first-order valence-corrected chi connectivity index (χ1v) is 7.34. The number of nitrogens with zero attached hydrogens (tertiary/aromatic N) is 2. The van der Waals surface area contributed by atoms with Gasteiger partial charge in [0.15, 0.2) is 11.5 Å². The van der Waals surface area contributed by atoms with Crippen molar-refractivity contribution in [1.82, 2.24) is 9.97 Å². The van der Waals surface area contributed by atoms with Crippen LogP contribution in [0.5, 0.6) is 0 Å². The second-order valence-corrected chi connectivity index (χ2v) is 5.35. The summed E-state index contributed by atoms with van der Waals surface area (Å²) < 4.78 is 5.68. The summed E-state index contributed by atoms with van der Waals surface area (Å²) in [5.41, 5.74) is 2.26. The Hall–Kier alpha value is -3.14. The molecular weight excluding hydrogens is 288 g/mol. The Bertz CT molecular complexity index is 1010. The largest absolute Gasteiger partial charge is 0.504 e. The molecule has 0 radical (unpaired) electrons. The highest BCUT2D eigenvalue weighted by Crippen LogP contribution is 2.26. The zero-order valence-corrected chi connectivity index (χ0v) is 12.5. The molecule has 0 aliphatic heterocycles. The van der Waals surface area contributed by atoms with E-state index in [9.17, 15) is 5.11 Å². The van der Waals surface area contributed by atoms with Gasteiger partial charge in [-0.2, -0.15) is 0 Å². The van der Waals surface area contributed by atoms with Gasteiger partial charge in [-0.3, -0.25) is 0 Å². The summed E-state index contributed by atoms with van der Waals surface area (Å²) in [6.45, 7) is 1.84.